The van der Waals surface area contributed by atoms with E-state index in [1.165, 1.54) is 0 Å². The van der Waals surface area contributed by atoms with Crippen LogP contribution in [-0.2, 0) is 4.79 Å². The summed E-state index contributed by atoms with van der Waals surface area (Å²) in [5.74, 6) is 1.79. The molecule has 0 radical (unpaired) electrons. The second-order valence-electron chi connectivity index (χ2n) is 6.79. The van der Waals surface area contributed by atoms with E-state index in [-0.39, 0.29) is 12.5 Å². The van der Waals surface area contributed by atoms with Crippen LogP contribution in [0.25, 0.3) is 0 Å². The lowest BCUT2D eigenvalue weighted by Gasteiger charge is -2.28. The molecule has 1 fully saturated rings. The van der Waals surface area contributed by atoms with Gasteiger partial charge in [0.25, 0.3) is 0 Å². The second kappa shape index (κ2) is 7.40. The van der Waals surface area contributed by atoms with Crippen LogP contribution in [0, 0.1) is 5.41 Å². The van der Waals surface area contributed by atoms with Crippen molar-refractivity contribution in [1.29, 1.82) is 0 Å². The molecule has 0 aliphatic carbocycles. The highest BCUT2D eigenvalue weighted by molar-refractivity contribution is 5.96. The molecule has 2 N–H and O–H groups in total. The van der Waals surface area contributed by atoms with Crippen LogP contribution in [-0.4, -0.2) is 53.9 Å². The fourth-order valence-electron chi connectivity index (χ4n) is 3.60. The van der Waals surface area contributed by atoms with Crippen LogP contribution < -0.4 is 19.7 Å². The van der Waals surface area contributed by atoms with Gasteiger partial charge in [-0.3, -0.25) is 4.79 Å². The monoisotopic (exact) mass is 370 g/mol. The van der Waals surface area contributed by atoms with Gasteiger partial charge in [-0.15, -0.1) is 0 Å². The quantitative estimate of drug-likeness (QED) is 0.822. The van der Waals surface area contributed by atoms with Gasteiger partial charge in [0.1, 0.15) is 13.2 Å². The van der Waals surface area contributed by atoms with Gasteiger partial charge in [0.05, 0.1) is 5.41 Å². The zero-order valence-corrected chi connectivity index (χ0v) is 14.9. The van der Waals surface area contributed by atoms with Gasteiger partial charge < -0.3 is 24.8 Å². The molecule has 1 unspecified atom stereocenters. The number of carbonyl (C=O) groups is 1. The highest BCUT2D eigenvalue weighted by atomic mass is 16.6. The second-order valence-corrected chi connectivity index (χ2v) is 6.79. The Balaban J connectivity index is 1.51. The van der Waals surface area contributed by atoms with Crippen LogP contribution in [0.3, 0.4) is 0 Å². The van der Waals surface area contributed by atoms with Gasteiger partial charge in [0.15, 0.2) is 11.5 Å². The van der Waals surface area contributed by atoms with Gasteiger partial charge in [-0.1, -0.05) is 0 Å². The van der Waals surface area contributed by atoms with Gasteiger partial charge in [-0.25, -0.2) is 9.97 Å². The number of aliphatic hydroxyl groups is 1. The number of fused-ring (bicyclic) bond motifs is 1. The number of anilines is 2. The Morgan fingerprint density at radius 2 is 2.00 bits per heavy atom. The summed E-state index contributed by atoms with van der Waals surface area (Å²) >= 11 is 0. The number of nitrogens with one attached hydrogen (secondary N) is 1. The molecule has 1 saturated heterocycles. The van der Waals surface area contributed by atoms with Crippen molar-refractivity contribution in [2.24, 2.45) is 5.41 Å². The number of aliphatic hydroxyl groups excluding tert-OH is 1. The number of hydrogen-bond acceptors (Lipinski definition) is 7. The van der Waals surface area contributed by atoms with Crippen molar-refractivity contribution in [3.63, 3.8) is 0 Å². The fourth-order valence-corrected chi connectivity index (χ4v) is 3.60. The Morgan fingerprint density at radius 1 is 1.22 bits per heavy atom. The summed E-state index contributed by atoms with van der Waals surface area (Å²) in [4.78, 5) is 23.6. The maximum atomic E-state index is 13.1. The topological polar surface area (TPSA) is 96.8 Å². The number of amides is 1. The van der Waals surface area contributed by atoms with Gasteiger partial charge in [0, 0.05) is 43.8 Å². The summed E-state index contributed by atoms with van der Waals surface area (Å²) in [6.07, 6.45) is 4.38. The molecule has 8 nitrogen and oxygen atoms in total. The minimum Gasteiger partial charge on any atom is -0.486 e. The van der Waals surface area contributed by atoms with Gasteiger partial charge in [-0.2, -0.15) is 0 Å². The van der Waals surface area contributed by atoms with Crippen LogP contribution in [0.4, 0.5) is 11.6 Å². The molecule has 2 aromatic rings. The molecule has 1 aromatic carbocycles. The third-order valence-corrected chi connectivity index (χ3v) is 5.06. The first-order valence-corrected chi connectivity index (χ1v) is 9.04. The third kappa shape index (κ3) is 3.52. The zero-order chi connectivity index (χ0) is 18.7. The summed E-state index contributed by atoms with van der Waals surface area (Å²) in [6, 6.07) is 7.12. The maximum Gasteiger partial charge on any atom is 0.232 e. The number of hydrogen-bond donors (Lipinski definition) is 2. The molecule has 1 amide bonds. The summed E-state index contributed by atoms with van der Waals surface area (Å²) in [5, 5.41) is 12.5. The predicted octanol–water partition coefficient (Wildman–Crippen LogP) is 1.47. The molecule has 2 aliphatic heterocycles. The van der Waals surface area contributed by atoms with Crippen molar-refractivity contribution in [2.45, 2.75) is 12.8 Å². The van der Waals surface area contributed by atoms with Crippen LogP contribution >= 0.6 is 0 Å². The molecule has 142 valence electrons. The lowest BCUT2D eigenvalue weighted by atomic mass is 9.82. The van der Waals surface area contributed by atoms with E-state index in [1.54, 1.807) is 36.7 Å². The van der Waals surface area contributed by atoms with Crippen LogP contribution in [0.2, 0.25) is 0 Å². The fraction of sp³-hybridized carbons (Fsp3) is 0.421. The normalized spacial score (nSPS) is 21.1. The van der Waals surface area contributed by atoms with E-state index in [0.29, 0.717) is 62.3 Å². The largest absolute Gasteiger partial charge is 0.486 e. The first-order chi connectivity index (χ1) is 13.2. The summed E-state index contributed by atoms with van der Waals surface area (Å²) in [5.41, 5.74) is -0.0442. The van der Waals surface area contributed by atoms with Crippen molar-refractivity contribution in [2.75, 3.05) is 43.1 Å². The third-order valence-electron chi connectivity index (χ3n) is 5.06. The molecule has 0 spiro atoms. The molecular formula is C19H22N4O4. The van der Waals surface area contributed by atoms with Gasteiger partial charge >= 0.3 is 0 Å². The number of carbonyl (C=O) groups excluding carboxylic acids is 1. The zero-order valence-electron chi connectivity index (χ0n) is 14.9. The Kier molecular flexibility index (Phi) is 4.81. The summed E-state index contributed by atoms with van der Waals surface area (Å²) in [7, 11) is 0. The Bertz CT molecular complexity index is 817. The minimum atomic E-state index is -0.693. The van der Waals surface area contributed by atoms with Crippen LogP contribution in [0.5, 0.6) is 11.5 Å². The highest BCUT2D eigenvalue weighted by Gasteiger charge is 2.45. The average molecular weight is 370 g/mol. The van der Waals surface area contributed by atoms with E-state index in [9.17, 15) is 9.90 Å². The van der Waals surface area contributed by atoms with Gasteiger partial charge in [-0.05, 0) is 31.0 Å². The van der Waals surface area contributed by atoms with Gasteiger partial charge in [0.2, 0.25) is 11.9 Å². The van der Waals surface area contributed by atoms with Crippen molar-refractivity contribution in [3.05, 3.63) is 36.7 Å². The number of nitrogens with zero attached hydrogens (tertiary/aromatic N) is 3. The highest BCUT2D eigenvalue weighted by Crippen LogP contribution is 2.38. The number of ether oxygens (including phenoxy) is 2. The lowest BCUT2D eigenvalue weighted by Crippen LogP contribution is -2.40. The van der Waals surface area contributed by atoms with E-state index < -0.39 is 5.41 Å². The summed E-state index contributed by atoms with van der Waals surface area (Å²) in [6.45, 7) is 2.09. The molecule has 3 heterocycles. The molecule has 4 rings (SSSR count). The molecule has 2 aliphatic rings. The van der Waals surface area contributed by atoms with E-state index in [1.807, 2.05) is 4.90 Å². The standard InChI is InChI=1S/C19H22N4O4/c24-9-5-19(4-8-23(13-19)18-20-6-1-7-21-18)17(25)22-14-2-3-15-16(12-14)27-11-10-26-15/h1-3,6-7,12,24H,4-5,8-11,13H2,(H,22,25). The lowest BCUT2D eigenvalue weighted by molar-refractivity contribution is -0.125. The summed E-state index contributed by atoms with van der Waals surface area (Å²) < 4.78 is 11.1. The molecule has 0 bridgehead atoms. The maximum absolute atomic E-state index is 13.1. The first-order valence-electron chi connectivity index (χ1n) is 9.04. The molecule has 8 heteroatoms. The molecule has 1 atom stereocenters. The number of aromatic nitrogens is 2. The van der Waals surface area contributed by atoms with Crippen molar-refractivity contribution in [3.8, 4) is 11.5 Å². The molecular weight excluding hydrogens is 348 g/mol. The molecule has 1 aromatic heterocycles. The van der Waals surface area contributed by atoms with E-state index in [0.717, 1.165) is 0 Å². The van der Waals surface area contributed by atoms with Crippen molar-refractivity contribution < 1.29 is 19.4 Å². The minimum absolute atomic E-state index is 0.0575. The molecule has 0 saturated carbocycles. The van der Waals surface area contributed by atoms with E-state index in [4.69, 9.17) is 9.47 Å². The van der Waals surface area contributed by atoms with Crippen LogP contribution in [0.15, 0.2) is 36.7 Å². The Morgan fingerprint density at radius 3 is 2.78 bits per heavy atom. The average Bonchev–Trinajstić information content (AvgIpc) is 3.14. The van der Waals surface area contributed by atoms with E-state index >= 15 is 0 Å². The SMILES string of the molecule is O=C(Nc1ccc2c(c1)OCCO2)C1(CCO)CCN(c2ncccn2)C1. The van der Waals surface area contributed by atoms with Crippen molar-refractivity contribution >= 4 is 17.5 Å². The predicted molar refractivity (Wildman–Crippen MR) is 99.1 cm³/mol. The number of rotatable bonds is 5. The number of benzene rings is 1. The first kappa shape index (κ1) is 17.5. The van der Waals surface area contributed by atoms with Crippen molar-refractivity contribution in [1.82, 2.24) is 9.97 Å². The molecule has 27 heavy (non-hydrogen) atoms. The Hall–Kier alpha value is -2.87. The Labute approximate surface area is 157 Å². The smallest absolute Gasteiger partial charge is 0.232 e. The van der Waals surface area contributed by atoms with Crippen LogP contribution in [0.1, 0.15) is 12.8 Å². The van der Waals surface area contributed by atoms with E-state index in [2.05, 4.69) is 15.3 Å².